The first-order chi connectivity index (χ1) is 7.83. The highest BCUT2D eigenvalue weighted by atomic mass is 14.9. The number of hydrogen-bond donors (Lipinski definition) is 0. The van der Waals surface area contributed by atoms with E-state index in [1.54, 1.807) is 0 Å². The van der Waals surface area contributed by atoms with Gasteiger partial charge >= 0.3 is 0 Å². The van der Waals surface area contributed by atoms with Gasteiger partial charge in [-0.15, -0.1) is 0 Å². The zero-order chi connectivity index (χ0) is 11.4. The van der Waals surface area contributed by atoms with Crippen LogP contribution in [0.5, 0.6) is 0 Å². The summed E-state index contributed by atoms with van der Waals surface area (Å²) < 4.78 is 2.20. The lowest BCUT2D eigenvalue weighted by Crippen LogP contribution is -2.36. The number of benzene rings is 1. The molecule has 0 spiro atoms. The third kappa shape index (κ3) is 2.03. The highest BCUT2D eigenvalue weighted by Gasteiger charge is 2.12. The highest BCUT2D eigenvalue weighted by molar-refractivity contribution is 5.74. The van der Waals surface area contributed by atoms with Gasteiger partial charge in [0.05, 0.1) is 0 Å². The first-order valence-electron chi connectivity index (χ1n) is 5.56. The second kappa shape index (κ2) is 4.75. The van der Waals surface area contributed by atoms with Gasteiger partial charge in [-0.2, -0.15) is 4.57 Å². The van der Waals surface area contributed by atoms with E-state index in [4.69, 9.17) is 0 Å². The van der Waals surface area contributed by atoms with Crippen LogP contribution in [-0.2, 0) is 6.54 Å². The van der Waals surface area contributed by atoms with Crippen LogP contribution in [0.15, 0.2) is 61.3 Å². The van der Waals surface area contributed by atoms with Gasteiger partial charge in [0.25, 0.3) is 0 Å². The van der Waals surface area contributed by atoms with E-state index in [-0.39, 0.29) is 0 Å². The quantitative estimate of drug-likeness (QED) is 0.685. The van der Waals surface area contributed by atoms with Crippen molar-refractivity contribution in [3.05, 3.63) is 72.6 Å². The molecule has 1 heteroatoms. The van der Waals surface area contributed by atoms with E-state index < -0.39 is 0 Å². The van der Waals surface area contributed by atoms with Crippen molar-refractivity contribution in [3.8, 4) is 0 Å². The fraction of sp³-hybridized carbons (Fsp3) is 0.133. The summed E-state index contributed by atoms with van der Waals surface area (Å²) in [5.41, 5.74) is 3.43. The van der Waals surface area contributed by atoms with E-state index in [2.05, 4.69) is 48.5 Å². The smallest absolute Gasteiger partial charge is 0.199 e. The Labute approximate surface area is 96.7 Å². The molecule has 1 nitrogen and oxygen atoms in total. The minimum atomic E-state index is 0.960. The molecule has 0 aliphatic rings. The summed E-state index contributed by atoms with van der Waals surface area (Å²) in [5.74, 6) is 0. The number of hydrogen-bond acceptors (Lipinski definition) is 0. The fourth-order valence-electron chi connectivity index (χ4n) is 1.81. The SMILES string of the molecule is C=C(c1ccccc1)c1cccc[n+]1CC. The Morgan fingerprint density at radius 1 is 1.06 bits per heavy atom. The summed E-state index contributed by atoms with van der Waals surface area (Å²) in [6, 6.07) is 16.5. The molecule has 1 aromatic heterocycles. The maximum absolute atomic E-state index is 4.18. The Balaban J connectivity index is 2.42. The van der Waals surface area contributed by atoms with E-state index >= 15 is 0 Å². The van der Waals surface area contributed by atoms with Crippen LogP contribution in [0.25, 0.3) is 5.57 Å². The molecule has 0 aliphatic carbocycles. The molecular formula is C15H16N+. The van der Waals surface area contributed by atoms with Crippen LogP contribution in [0.1, 0.15) is 18.2 Å². The third-order valence-corrected chi connectivity index (χ3v) is 2.71. The van der Waals surface area contributed by atoms with Crippen LogP contribution in [0.4, 0.5) is 0 Å². The van der Waals surface area contributed by atoms with Crippen LogP contribution in [0.2, 0.25) is 0 Å². The topological polar surface area (TPSA) is 3.88 Å². The monoisotopic (exact) mass is 210 g/mol. The van der Waals surface area contributed by atoms with Gasteiger partial charge in [0.15, 0.2) is 6.20 Å². The maximum atomic E-state index is 4.18. The van der Waals surface area contributed by atoms with Crippen LogP contribution >= 0.6 is 0 Å². The molecule has 0 radical (unpaired) electrons. The molecule has 0 amide bonds. The lowest BCUT2D eigenvalue weighted by molar-refractivity contribution is -0.695. The molecule has 0 unspecified atom stereocenters. The first kappa shape index (κ1) is 10.6. The second-order valence-corrected chi connectivity index (χ2v) is 3.72. The van der Waals surface area contributed by atoms with Crippen molar-refractivity contribution in [1.29, 1.82) is 0 Å². The van der Waals surface area contributed by atoms with Gasteiger partial charge in [0.2, 0.25) is 5.69 Å². The molecule has 0 fully saturated rings. The Bertz CT molecular complexity index is 486. The minimum Gasteiger partial charge on any atom is -0.199 e. The molecular weight excluding hydrogens is 194 g/mol. The molecule has 1 heterocycles. The van der Waals surface area contributed by atoms with Crippen molar-refractivity contribution in [2.75, 3.05) is 0 Å². The zero-order valence-electron chi connectivity index (χ0n) is 9.56. The molecule has 2 aromatic rings. The van der Waals surface area contributed by atoms with Gasteiger partial charge in [-0.3, -0.25) is 0 Å². The summed E-state index contributed by atoms with van der Waals surface area (Å²) in [7, 11) is 0. The van der Waals surface area contributed by atoms with E-state index in [0.29, 0.717) is 0 Å². The summed E-state index contributed by atoms with van der Waals surface area (Å²) in [6.45, 7) is 7.28. The van der Waals surface area contributed by atoms with Crippen LogP contribution in [0, 0.1) is 0 Å². The largest absolute Gasteiger partial charge is 0.212 e. The van der Waals surface area contributed by atoms with Crippen LogP contribution < -0.4 is 4.57 Å². The van der Waals surface area contributed by atoms with Crippen molar-refractivity contribution in [1.82, 2.24) is 0 Å². The zero-order valence-corrected chi connectivity index (χ0v) is 9.56. The summed E-state index contributed by atoms with van der Waals surface area (Å²) in [6.07, 6.45) is 2.09. The van der Waals surface area contributed by atoms with Gasteiger partial charge < -0.3 is 0 Å². The number of pyridine rings is 1. The average molecular weight is 210 g/mol. The Morgan fingerprint density at radius 2 is 1.75 bits per heavy atom. The Hall–Kier alpha value is -1.89. The molecule has 0 aliphatic heterocycles. The van der Waals surface area contributed by atoms with Crippen molar-refractivity contribution < 1.29 is 4.57 Å². The van der Waals surface area contributed by atoms with Gasteiger partial charge in [0.1, 0.15) is 6.54 Å². The fourth-order valence-corrected chi connectivity index (χ4v) is 1.81. The average Bonchev–Trinajstić information content (AvgIpc) is 2.39. The predicted octanol–water partition coefficient (Wildman–Crippen LogP) is 3.06. The number of rotatable bonds is 3. The van der Waals surface area contributed by atoms with Gasteiger partial charge in [0, 0.05) is 17.7 Å². The van der Waals surface area contributed by atoms with Crippen molar-refractivity contribution in [2.45, 2.75) is 13.5 Å². The third-order valence-electron chi connectivity index (χ3n) is 2.71. The van der Waals surface area contributed by atoms with E-state index in [0.717, 1.165) is 12.1 Å². The summed E-state index contributed by atoms with van der Waals surface area (Å²) in [5, 5.41) is 0. The number of nitrogens with zero attached hydrogens (tertiary/aromatic N) is 1. The first-order valence-corrected chi connectivity index (χ1v) is 5.56. The number of aromatic nitrogens is 1. The van der Waals surface area contributed by atoms with Crippen LogP contribution in [0.3, 0.4) is 0 Å². The molecule has 0 atom stereocenters. The molecule has 0 saturated carbocycles. The molecule has 0 saturated heterocycles. The molecule has 2 rings (SSSR count). The van der Waals surface area contributed by atoms with E-state index in [1.165, 1.54) is 11.3 Å². The predicted molar refractivity (Wildman–Crippen MR) is 66.9 cm³/mol. The highest BCUT2D eigenvalue weighted by Crippen LogP contribution is 2.17. The normalized spacial score (nSPS) is 10.1. The van der Waals surface area contributed by atoms with Gasteiger partial charge in [-0.25, -0.2) is 0 Å². The lowest BCUT2D eigenvalue weighted by Gasteiger charge is -2.05. The van der Waals surface area contributed by atoms with Gasteiger partial charge in [-0.1, -0.05) is 36.9 Å². The second-order valence-electron chi connectivity index (χ2n) is 3.72. The van der Waals surface area contributed by atoms with E-state index in [1.807, 2.05) is 24.3 Å². The van der Waals surface area contributed by atoms with Crippen molar-refractivity contribution >= 4 is 5.57 Å². The van der Waals surface area contributed by atoms with Crippen molar-refractivity contribution in [2.24, 2.45) is 0 Å². The lowest BCUT2D eigenvalue weighted by atomic mass is 10.0. The summed E-state index contributed by atoms with van der Waals surface area (Å²) >= 11 is 0. The molecule has 16 heavy (non-hydrogen) atoms. The molecule has 0 N–H and O–H groups in total. The molecule has 80 valence electrons. The van der Waals surface area contributed by atoms with Crippen LogP contribution in [-0.4, -0.2) is 0 Å². The Morgan fingerprint density at radius 3 is 2.44 bits per heavy atom. The van der Waals surface area contributed by atoms with Crippen molar-refractivity contribution in [3.63, 3.8) is 0 Å². The Kier molecular flexibility index (Phi) is 3.16. The number of aryl methyl sites for hydroxylation is 1. The summed E-state index contributed by atoms with van der Waals surface area (Å²) in [4.78, 5) is 0. The van der Waals surface area contributed by atoms with Gasteiger partial charge in [-0.05, 0) is 18.6 Å². The maximum Gasteiger partial charge on any atom is 0.212 e. The minimum absolute atomic E-state index is 0.960. The molecule has 0 bridgehead atoms. The molecule has 1 aromatic carbocycles. The van der Waals surface area contributed by atoms with E-state index in [9.17, 15) is 0 Å². The standard InChI is InChI=1S/C15H16N/c1-3-16-12-8-7-11-15(16)13(2)14-9-5-4-6-10-14/h4-12H,2-3H2,1H3/q+1.